The molecule has 124 valence electrons. The molecule has 0 radical (unpaired) electrons. The molecule has 7 heteroatoms. The molecule has 0 bridgehead atoms. The maximum Gasteiger partial charge on any atom is 0.224 e. The first-order valence-electron chi connectivity index (χ1n) is 7.87. The van der Waals surface area contributed by atoms with Crippen LogP contribution in [-0.2, 0) is 11.3 Å². The number of carbonyl (C=O) groups is 1. The second-order valence-corrected chi connectivity index (χ2v) is 6.44. The van der Waals surface area contributed by atoms with Gasteiger partial charge in [-0.15, -0.1) is 0 Å². The van der Waals surface area contributed by atoms with Gasteiger partial charge in [0.05, 0.1) is 0 Å². The van der Waals surface area contributed by atoms with Crippen molar-refractivity contribution in [3.63, 3.8) is 0 Å². The van der Waals surface area contributed by atoms with Crippen LogP contribution in [0.5, 0.6) is 0 Å². The van der Waals surface area contributed by atoms with Gasteiger partial charge in [0.2, 0.25) is 5.91 Å². The quantitative estimate of drug-likeness (QED) is 0.832. The molecule has 0 unspecified atom stereocenters. The molecule has 1 saturated heterocycles. The van der Waals surface area contributed by atoms with Crippen molar-refractivity contribution in [2.24, 2.45) is 0 Å². The third-order valence-electron chi connectivity index (χ3n) is 4.55. The number of hydrogen-bond acceptors (Lipinski definition) is 6. The summed E-state index contributed by atoms with van der Waals surface area (Å²) in [7, 11) is 6.05. The van der Waals surface area contributed by atoms with E-state index >= 15 is 0 Å². The zero-order chi connectivity index (χ0) is 16.4. The average Bonchev–Trinajstić information content (AvgIpc) is 2.98. The number of benzene rings is 1. The van der Waals surface area contributed by atoms with Gasteiger partial charge in [-0.3, -0.25) is 4.79 Å². The summed E-state index contributed by atoms with van der Waals surface area (Å²) in [6.45, 7) is 3.57. The summed E-state index contributed by atoms with van der Waals surface area (Å²) >= 11 is 0. The summed E-state index contributed by atoms with van der Waals surface area (Å²) in [5.41, 5.74) is 2.48. The van der Waals surface area contributed by atoms with Gasteiger partial charge in [0, 0.05) is 45.7 Å². The van der Waals surface area contributed by atoms with Crippen LogP contribution in [0, 0.1) is 0 Å². The van der Waals surface area contributed by atoms with E-state index in [-0.39, 0.29) is 11.9 Å². The lowest BCUT2D eigenvalue weighted by Gasteiger charge is -2.38. The Morgan fingerprint density at radius 2 is 2.09 bits per heavy atom. The molecule has 2 aromatic rings. The number of carbonyl (C=O) groups excluding carboxylic acids is 1. The molecule has 1 amide bonds. The zero-order valence-electron chi connectivity index (χ0n) is 13.9. The molecule has 1 aliphatic heterocycles. The largest absolute Gasteiger partial charge is 0.341 e. The maximum atomic E-state index is 12.5. The van der Waals surface area contributed by atoms with Gasteiger partial charge in [-0.25, -0.2) is 4.63 Å². The number of amides is 1. The van der Waals surface area contributed by atoms with Gasteiger partial charge in [0.25, 0.3) is 0 Å². The molecule has 7 nitrogen and oxygen atoms in total. The second-order valence-electron chi connectivity index (χ2n) is 6.44. The van der Waals surface area contributed by atoms with Gasteiger partial charge < -0.3 is 14.7 Å². The molecule has 0 aliphatic carbocycles. The van der Waals surface area contributed by atoms with E-state index in [1.807, 2.05) is 25.2 Å². The van der Waals surface area contributed by atoms with Crippen LogP contribution in [0.4, 0.5) is 0 Å². The van der Waals surface area contributed by atoms with Crippen LogP contribution >= 0.6 is 0 Å². The standard InChI is InChI=1S/C16H23N5O2/c1-19-6-7-20(2)13(11-19)9-16(22)21(3)10-12-4-5-14-15(8-12)18-23-17-14/h4-5,8,13H,6-7,9-11H2,1-3H3/t13-/m1/s1. The lowest BCUT2D eigenvalue weighted by Crippen LogP contribution is -2.51. The van der Waals surface area contributed by atoms with E-state index < -0.39 is 0 Å². The Morgan fingerprint density at radius 3 is 2.91 bits per heavy atom. The van der Waals surface area contributed by atoms with Crippen LogP contribution in [-0.4, -0.2) is 77.7 Å². The molecule has 0 saturated carbocycles. The second kappa shape index (κ2) is 6.64. The van der Waals surface area contributed by atoms with E-state index in [4.69, 9.17) is 4.63 Å². The van der Waals surface area contributed by atoms with Crippen molar-refractivity contribution in [1.82, 2.24) is 25.0 Å². The Balaban J connectivity index is 1.60. The van der Waals surface area contributed by atoms with E-state index in [0.717, 1.165) is 36.2 Å². The third kappa shape index (κ3) is 3.68. The van der Waals surface area contributed by atoms with Crippen molar-refractivity contribution in [1.29, 1.82) is 0 Å². The number of rotatable bonds is 4. The normalized spacial score (nSPS) is 20.0. The van der Waals surface area contributed by atoms with Gasteiger partial charge in [-0.1, -0.05) is 6.07 Å². The SMILES string of the molecule is CN1CCN(C)[C@H](CC(=O)N(C)Cc2ccc3nonc3c2)C1. The minimum Gasteiger partial charge on any atom is -0.341 e. The molecular weight excluding hydrogens is 294 g/mol. The number of aromatic nitrogens is 2. The molecule has 1 aromatic heterocycles. The molecule has 0 N–H and O–H groups in total. The highest BCUT2D eigenvalue weighted by atomic mass is 16.6. The molecular formula is C16H23N5O2. The highest BCUT2D eigenvalue weighted by Gasteiger charge is 2.25. The Bertz CT molecular complexity index is 686. The van der Waals surface area contributed by atoms with E-state index in [2.05, 4.69) is 34.2 Å². The van der Waals surface area contributed by atoms with Crippen LogP contribution in [0.1, 0.15) is 12.0 Å². The maximum absolute atomic E-state index is 12.5. The number of piperazine rings is 1. The summed E-state index contributed by atoms with van der Waals surface area (Å²) in [4.78, 5) is 18.8. The predicted molar refractivity (Wildman–Crippen MR) is 86.8 cm³/mol. The minimum absolute atomic E-state index is 0.163. The molecule has 1 aromatic carbocycles. The fourth-order valence-corrected chi connectivity index (χ4v) is 2.97. The molecule has 1 aliphatic rings. The first-order chi connectivity index (χ1) is 11.0. The Labute approximate surface area is 135 Å². The first kappa shape index (κ1) is 15.9. The summed E-state index contributed by atoms with van der Waals surface area (Å²) in [6, 6.07) is 6.02. The van der Waals surface area contributed by atoms with Crippen molar-refractivity contribution >= 4 is 16.9 Å². The monoisotopic (exact) mass is 317 g/mol. The molecule has 1 fully saturated rings. The highest BCUT2D eigenvalue weighted by molar-refractivity contribution is 5.77. The Hall–Kier alpha value is -1.99. The topological polar surface area (TPSA) is 65.7 Å². The first-order valence-corrected chi connectivity index (χ1v) is 7.87. The summed E-state index contributed by atoms with van der Waals surface area (Å²) in [5.74, 6) is 0.163. The predicted octanol–water partition coefficient (Wildman–Crippen LogP) is 0.817. The van der Waals surface area contributed by atoms with Crippen LogP contribution in [0.15, 0.2) is 22.8 Å². The Morgan fingerprint density at radius 1 is 1.30 bits per heavy atom. The van der Waals surface area contributed by atoms with Gasteiger partial charge in [0.15, 0.2) is 0 Å². The minimum atomic E-state index is 0.163. The smallest absolute Gasteiger partial charge is 0.224 e. The van der Waals surface area contributed by atoms with E-state index in [1.165, 1.54) is 0 Å². The van der Waals surface area contributed by atoms with E-state index in [9.17, 15) is 4.79 Å². The van der Waals surface area contributed by atoms with Gasteiger partial charge in [-0.05, 0) is 42.1 Å². The van der Waals surface area contributed by atoms with E-state index in [0.29, 0.717) is 13.0 Å². The lowest BCUT2D eigenvalue weighted by atomic mass is 10.1. The highest BCUT2D eigenvalue weighted by Crippen LogP contribution is 2.15. The lowest BCUT2D eigenvalue weighted by molar-refractivity contribution is -0.132. The van der Waals surface area contributed by atoms with Gasteiger partial charge in [0.1, 0.15) is 11.0 Å². The molecule has 2 heterocycles. The van der Waals surface area contributed by atoms with Gasteiger partial charge >= 0.3 is 0 Å². The van der Waals surface area contributed by atoms with Crippen molar-refractivity contribution in [3.05, 3.63) is 23.8 Å². The number of fused-ring (bicyclic) bond motifs is 1. The van der Waals surface area contributed by atoms with Crippen molar-refractivity contribution in [3.8, 4) is 0 Å². The summed E-state index contributed by atoms with van der Waals surface area (Å²) in [6.07, 6.45) is 0.547. The average molecular weight is 317 g/mol. The van der Waals surface area contributed by atoms with Crippen LogP contribution in [0.25, 0.3) is 11.0 Å². The van der Waals surface area contributed by atoms with Crippen molar-refractivity contribution < 1.29 is 9.42 Å². The fraction of sp³-hybridized carbons (Fsp3) is 0.562. The molecule has 0 spiro atoms. The molecule has 23 heavy (non-hydrogen) atoms. The Kier molecular flexibility index (Phi) is 4.58. The molecule has 1 atom stereocenters. The van der Waals surface area contributed by atoms with E-state index in [1.54, 1.807) is 4.90 Å². The number of hydrogen-bond donors (Lipinski definition) is 0. The van der Waals surface area contributed by atoms with Crippen LogP contribution in [0.2, 0.25) is 0 Å². The fourth-order valence-electron chi connectivity index (χ4n) is 2.97. The van der Waals surface area contributed by atoms with Crippen molar-refractivity contribution in [2.45, 2.75) is 19.0 Å². The summed E-state index contributed by atoms with van der Waals surface area (Å²) in [5, 5.41) is 7.63. The zero-order valence-corrected chi connectivity index (χ0v) is 13.9. The molecule has 3 rings (SSSR count). The third-order valence-corrected chi connectivity index (χ3v) is 4.55. The van der Waals surface area contributed by atoms with Crippen molar-refractivity contribution in [2.75, 3.05) is 40.8 Å². The van der Waals surface area contributed by atoms with Gasteiger partial charge in [-0.2, -0.15) is 0 Å². The summed E-state index contributed by atoms with van der Waals surface area (Å²) < 4.78 is 4.70. The van der Waals surface area contributed by atoms with Crippen LogP contribution < -0.4 is 0 Å². The number of likely N-dealkylation sites (N-methyl/N-ethyl adjacent to an activating group) is 2. The number of nitrogens with zero attached hydrogens (tertiary/aromatic N) is 5. The van der Waals surface area contributed by atoms with Crippen LogP contribution in [0.3, 0.4) is 0 Å².